The van der Waals surface area contributed by atoms with Gasteiger partial charge < -0.3 is 10.2 Å². The predicted molar refractivity (Wildman–Crippen MR) is 109 cm³/mol. The second-order valence-corrected chi connectivity index (χ2v) is 7.35. The van der Waals surface area contributed by atoms with Crippen molar-refractivity contribution in [3.05, 3.63) is 36.5 Å². The molecule has 0 spiro atoms. The molecule has 1 aliphatic rings. The highest BCUT2D eigenvalue weighted by Gasteiger charge is 2.26. The molecule has 1 rings (SSSR count). The zero-order valence-electron chi connectivity index (χ0n) is 16.7. The van der Waals surface area contributed by atoms with Crippen LogP contribution in [0.25, 0.3) is 0 Å². The third-order valence-electron chi connectivity index (χ3n) is 5.09. The van der Waals surface area contributed by atoms with Gasteiger partial charge in [-0.15, -0.1) is 0 Å². The quantitative estimate of drug-likeness (QED) is 0.330. The first-order chi connectivity index (χ1) is 13.1. The highest BCUT2D eigenvalue weighted by molar-refractivity contribution is 5.95. The van der Waals surface area contributed by atoms with Gasteiger partial charge in [-0.2, -0.15) is 0 Å². The second kappa shape index (κ2) is 14.5. The average Bonchev–Trinajstić information content (AvgIpc) is 3.02. The van der Waals surface area contributed by atoms with E-state index in [0.717, 1.165) is 6.42 Å². The minimum Gasteiger partial charge on any atom is -0.388 e. The molecule has 0 bridgehead atoms. The Labute approximate surface area is 164 Å². The summed E-state index contributed by atoms with van der Waals surface area (Å²) in [5.41, 5.74) is 0. The molecule has 0 aromatic carbocycles. The minimum absolute atomic E-state index is 0.0361. The van der Waals surface area contributed by atoms with Gasteiger partial charge in [-0.25, -0.2) is 0 Å². The molecule has 2 N–H and O–H groups in total. The summed E-state index contributed by atoms with van der Waals surface area (Å²) in [4.78, 5) is 23.2. The zero-order valence-corrected chi connectivity index (χ0v) is 16.7. The van der Waals surface area contributed by atoms with E-state index in [1.165, 1.54) is 38.5 Å². The van der Waals surface area contributed by atoms with Crippen LogP contribution in [-0.2, 0) is 9.59 Å². The highest BCUT2D eigenvalue weighted by atomic mass is 16.3. The van der Waals surface area contributed by atoms with Crippen LogP contribution >= 0.6 is 0 Å². The Balaban J connectivity index is 2.26. The molecule has 0 fully saturated rings. The SMILES string of the molecule is CCCCCCCC/C=C/[C@H]1C=CC(=O)[C@@H]1C/C=C\CCC(O)C(=O)CO. The third-order valence-corrected chi connectivity index (χ3v) is 5.09. The number of Topliss-reactive ketones (excluding diaryl/α,β-unsaturated/α-hetero) is 1. The molecule has 3 atom stereocenters. The van der Waals surface area contributed by atoms with Crippen molar-refractivity contribution < 1.29 is 19.8 Å². The number of carbonyl (C=O) groups excluding carboxylic acids is 2. The van der Waals surface area contributed by atoms with E-state index in [4.69, 9.17) is 5.11 Å². The summed E-state index contributed by atoms with van der Waals surface area (Å²) in [5, 5.41) is 18.2. The average molecular weight is 377 g/mol. The van der Waals surface area contributed by atoms with Gasteiger partial charge in [-0.1, -0.05) is 69.4 Å². The van der Waals surface area contributed by atoms with Crippen molar-refractivity contribution in [1.82, 2.24) is 0 Å². The summed E-state index contributed by atoms with van der Waals surface area (Å²) in [6.45, 7) is 1.60. The van der Waals surface area contributed by atoms with Gasteiger partial charge in [-0.05, 0) is 38.2 Å². The molecule has 0 aliphatic heterocycles. The fraction of sp³-hybridized carbons (Fsp3) is 0.652. The number of carbonyl (C=O) groups is 2. The molecule has 0 radical (unpaired) electrons. The van der Waals surface area contributed by atoms with Gasteiger partial charge >= 0.3 is 0 Å². The fourth-order valence-corrected chi connectivity index (χ4v) is 3.30. The lowest BCUT2D eigenvalue weighted by molar-refractivity contribution is -0.130. The maximum Gasteiger partial charge on any atom is 0.186 e. The molecule has 152 valence electrons. The summed E-state index contributed by atoms with van der Waals surface area (Å²) < 4.78 is 0. The Morgan fingerprint density at radius 3 is 2.59 bits per heavy atom. The van der Waals surface area contributed by atoms with Gasteiger partial charge in [0.1, 0.15) is 12.7 Å². The van der Waals surface area contributed by atoms with Crippen LogP contribution in [0, 0.1) is 11.8 Å². The Bertz CT molecular complexity index is 518. The van der Waals surface area contributed by atoms with Crippen LogP contribution in [0.15, 0.2) is 36.5 Å². The Kier molecular flexibility index (Phi) is 12.7. The molecule has 0 saturated heterocycles. The van der Waals surface area contributed by atoms with Crippen molar-refractivity contribution in [2.24, 2.45) is 11.8 Å². The lowest BCUT2D eigenvalue weighted by atomic mass is 9.90. The molecule has 0 heterocycles. The third kappa shape index (κ3) is 9.83. The van der Waals surface area contributed by atoms with Crippen molar-refractivity contribution >= 4 is 11.6 Å². The van der Waals surface area contributed by atoms with E-state index in [9.17, 15) is 14.7 Å². The Morgan fingerprint density at radius 2 is 1.85 bits per heavy atom. The lowest BCUT2D eigenvalue weighted by Gasteiger charge is -2.12. The van der Waals surface area contributed by atoms with Gasteiger partial charge in [0.2, 0.25) is 0 Å². The molecule has 0 aromatic heterocycles. The molecular weight excluding hydrogens is 340 g/mol. The first-order valence-corrected chi connectivity index (χ1v) is 10.5. The molecule has 0 saturated carbocycles. The molecule has 0 amide bonds. The number of rotatable bonds is 15. The molecular formula is C23H36O4. The van der Waals surface area contributed by atoms with Crippen molar-refractivity contribution in [2.75, 3.05) is 6.61 Å². The molecule has 1 unspecified atom stereocenters. The molecule has 4 nitrogen and oxygen atoms in total. The van der Waals surface area contributed by atoms with Gasteiger partial charge in [0.15, 0.2) is 11.6 Å². The fourth-order valence-electron chi connectivity index (χ4n) is 3.30. The zero-order chi connectivity index (χ0) is 19.9. The van der Waals surface area contributed by atoms with E-state index in [2.05, 4.69) is 19.1 Å². The number of hydrogen-bond acceptors (Lipinski definition) is 4. The van der Waals surface area contributed by atoms with Crippen molar-refractivity contribution in [3.8, 4) is 0 Å². The van der Waals surface area contributed by atoms with Crippen molar-refractivity contribution in [3.63, 3.8) is 0 Å². The van der Waals surface area contributed by atoms with E-state index < -0.39 is 18.5 Å². The van der Waals surface area contributed by atoms with E-state index in [1.54, 1.807) is 6.08 Å². The monoisotopic (exact) mass is 376 g/mol. The number of aliphatic hydroxyl groups excluding tert-OH is 2. The predicted octanol–water partition coefficient (Wildman–Crippen LogP) is 4.31. The van der Waals surface area contributed by atoms with Crippen LogP contribution in [0.3, 0.4) is 0 Å². The summed E-state index contributed by atoms with van der Waals surface area (Å²) in [5.74, 6) is -0.242. The smallest absolute Gasteiger partial charge is 0.186 e. The second-order valence-electron chi connectivity index (χ2n) is 7.35. The normalized spacial score (nSPS) is 20.9. The van der Waals surface area contributed by atoms with E-state index in [0.29, 0.717) is 19.3 Å². The van der Waals surface area contributed by atoms with E-state index in [-0.39, 0.29) is 17.6 Å². The topological polar surface area (TPSA) is 74.6 Å². The number of allylic oxidation sites excluding steroid dienone is 6. The molecule has 0 aromatic rings. The number of ketones is 2. The van der Waals surface area contributed by atoms with Crippen LogP contribution in [0.4, 0.5) is 0 Å². The first kappa shape index (κ1) is 23.5. The van der Waals surface area contributed by atoms with Crippen molar-refractivity contribution in [1.29, 1.82) is 0 Å². The molecule has 4 heteroatoms. The van der Waals surface area contributed by atoms with Crippen LogP contribution in [0.1, 0.15) is 71.1 Å². The molecule has 27 heavy (non-hydrogen) atoms. The number of aliphatic hydroxyl groups is 2. The highest BCUT2D eigenvalue weighted by Crippen LogP contribution is 2.27. The van der Waals surface area contributed by atoms with E-state index >= 15 is 0 Å². The van der Waals surface area contributed by atoms with Gasteiger partial charge in [0, 0.05) is 11.8 Å². The maximum absolute atomic E-state index is 12.1. The molecule has 1 aliphatic carbocycles. The van der Waals surface area contributed by atoms with Gasteiger partial charge in [0.05, 0.1) is 0 Å². The van der Waals surface area contributed by atoms with Crippen LogP contribution in [0.5, 0.6) is 0 Å². The largest absolute Gasteiger partial charge is 0.388 e. The van der Waals surface area contributed by atoms with Crippen LogP contribution in [-0.4, -0.2) is 34.5 Å². The van der Waals surface area contributed by atoms with Gasteiger partial charge in [-0.3, -0.25) is 9.59 Å². The lowest BCUT2D eigenvalue weighted by Crippen LogP contribution is -2.22. The van der Waals surface area contributed by atoms with Crippen LogP contribution in [0.2, 0.25) is 0 Å². The summed E-state index contributed by atoms with van der Waals surface area (Å²) >= 11 is 0. The van der Waals surface area contributed by atoms with Crippen molar-refractivity contribution in [2.45, 2.75) is 77.2 Å². The standard InChI is InChI=1S/C23H36O4/c1-2-3-4-5-6-7-8-10-13-19-16-17-21(25)20(19)14-11-9-12-15-22(26)23(27)18-24/h9-11,13,16-17,19-20,22,24,26H,2-8,12,14-15,18H2,1H3/b11-9-,13-10+/t19-,20+,22?/m0/s1. The van der Waals surface area contributed by atoms with E-state index in [1.807, 2.05) is 18.2 Å². The van der Waals surface area contributed by atoms with Crippen LogP contribution < -0.4 is 0 Å². The first-order valence-electron chi connectivity index (χ1n) is 10.5. The summed E-state index contributed by atoms with van der Waals surface area (Å²) in [6, 6.07) is 0. The summed E-state index contributed by atoms with van der Waals surface area (Å²) in [6.07, 6.45) is 21.1. The maximum atomic E-state index is 12.1. The number of hydrogen-bond donors (Lipinski definition) is 2. The number of unbranched alkanes of at least 4 members (excludes halogenated alkanes) is 6. The minimum atomic E-state index is -1.10. The summed E-state index contributed by atoms with van der Waals surface area (Å²) in [7, 11) is 0. The Morgan fingerprint density at radius 1 is 1.11 bits per heavy atom. The Hall–Kier alpha value is -1.52. The van der Waals surface area contributed by atoms with Gasteiger partial charge in [0.25, 0.3) is 0 Å².